The molecule has 0 bridgehead atoms. The zero-order valence-electron chi connectivity index (χ0n) is 16.5. The minimum absolute atomic E-state index is 0.0467. The zero-order chi connectivity index (χ0) is 19.7. The maximum absolute atomic E-state index is 13.2. The van der Waals surface area contributed by atoms with Gasteiger partial charge in [-0.25, -0.2) is 4.39 Å². The fourth-order valence-electron chi connectivity index (χ4n) is 4.90. The monoisotopic (exact) mass is 388 g/mol. The van der Waals surface area contributed by atoms with Crippen LogP contribution >= 0.6 is 0 Å². The van der Waals surface area contributed by atoms with Crippen LogP contribution in [0.5, 0.6) is 5.75 Å². The Hall–Kier alpha value is -2.11. The van der Waals surface area contributed by atoms with Crippen molar-refractivity contribution in [3.63, 3.8) is 0 Å². The highest BCUT2D eigenvalue weighted by atomic mass is 19.1. The maximum atomic E-state index is 13.2. The minimum atomic E-state index is -0.576. The molecule has 2 heterocycles. The zero-order valence-corrected chi connectivity index (χ0v) is 16.5. The molecule has 2 saturated heterocycles. The molecular formula is C22H29FN2O3. The molecule has 3 fully saturated rings. The van der Waals surface area contributed by atoms with Gasteiger partial charge in [0.1, 0.15) is 18.1 Å². The smallest absolute Gasteiger partial charge is 0.267 e. The van der Waals surface area contributed by atoms with Gasteiger partial charge < -0.3 is 14.5 Å². The number of nitrogens with zero attached hydrogens (tertiary/aromatic N) is 2. The number of hydrogen-bond acceptors (Lipinski definition) is 3. The van der Waals surface area contributed by atoms with E-state index in [1.807, 2.05) is 4.90 Å². The van der Waals surface area contributed by atoms with Gasteiger partial charge in [-0.2, -0.15) is 0 Å². The molecule has 6 heteroatoms. The molecule has 1 aromatic rings. The van der Waals surface area contributed by atoms with Gasteiger partial charge in [-0.1, -0.05) is 26.2 Å². The third-order valence-electron chi connectivity index (χ3n) is 6.73. The van der Waals surface area contributed by atoms with Gasteiger partial charge in [-0.3, -0.25) is 9.59 Å². The molecule has 1 spiro atoms. The van der Waals surface area contributed by atoms with E-state index in [4.69, 9.17) is 4.74 Å². The number of β-lactam (4-membered cyclic amide) rings is 1. The van der Waals surface area contributed by atoms with Crippen LogP contribution in [-0.2, 0) is 9.59 Å². The Bertz CT molecular complexity index is 722. The van der Waals surface area contributed by atoms with E-state index in [0.29, 0.717) is 11.7 Å². The Balaban J connectivity index is 1.47. The van der Waals surface area contributed by atoms with Crippen molar-refractivity contribution in [1.82, 2.24) is 9.80 Å². The molecule has 0 radical (unpaired) electrons. The second kappa shape index (κ2) is 7.72. The fraction of sp³-hybridized carbons (Fsp3) is 0.636. The number of amides is 2. The fourth-order valence-corrected chi connectivity index (χ4v) is 4.90. The summed E-state index contributed by atoms with van der Waals surface area (Å²) < 4.78 is 19.2. The predicted molar refractivity (Wildman–Crippen MR) is 103 cm³/mol. The highest BCUT2D eigenvalue weighted by molar-refractivity contribution is 5.94. The summed E-state index contributed by atoms with van der Waals surface area (Å²) in [5.41, 5.74) is -0.400. The number of hydrogen-bond donors (Lipinski definition) is 0. The number of carbonyl (C=O) groups is 2. The Morgan fingerprint density at radius 1 is 1.14 bits per heavy atom. The lowest BCUT2D eigenvalue weighted by Crippen LogP contribution is -2.77. The van der Waals surface area contributed by atoms with Crippen LogP contribution in [0.15, 0.2) is 24.3 Å². The number of likely N-dealkylation sites (tertiary alicyclic amines) is 2. The summed E-state index contributed by atoms with van der Waals surface area (Å²) in [5.74, 6) is 0.756. The van der Waals surface area contributed by atoms with E-state index in [0.717, 1.165) is 58.0 Å². The Morgan fingerprint density at radius 3 is 2.43 bits per heavy atom. The van der Waals surface area contributed by atoms with Crippen molar-refractivity contribution in [2.75, 3.05) is 19.6 Å². The second-order valence-electron chi connectivity index (χ2n) is 8.60. The Morgan fingerprint density at radius 2 is 1.79 bits per heavy atom. The van der Waals surface area contributed by atoms with Crippen LogP contribution in [0.1, 0.15) is 51.9 Å². The molecule has 1 unspecified atom stereocenters. The Labute approximate surface area is 165 Å². The molecule has 1 saturated carbocycles. The van der Waals surface area contributed by atoms with Gasteiger partial charge in [0.2, 0.25) is 5.91 Å². The highest BCUT2D eigenvalue weighted by Crippen LogP contribution is 2.45. The molecular weight excluding hydrogens is 359 g/mol. The van der Waals surface area contributed by atoms with Crippen LogP contribution in [-0.4, -0.2) is 52.9 Å². The molecule has 0 aromatic heterocycles. The predicted octanol–water partition coefficient (Wildman–Crippen LogP) is 3.38. The van der Waals surface area contributed by atoms with Crippen molar-refractivity contribution in [2.24, 2.45) is 5.92 Å². The van der Waals surface area contributed by atoms with Crippen molar-refractivity contribution >= 4 is 11.8 Å². The number of benzene rings is 1. The molecule has 28 heavy (non-hydrogen) atoms. The lowest BCUT2D eigenvalue weighted by atomic mass is 9.70. The lowest BCUT2D eigenvalue weighted by Gasteiger charge is -2.58. The topological polar surface area (TPSA) is 49.9 Å². The average Bonchev–Trinajstić information content (AvgIpc) is 2.72. The summed E-state index contributed by atoms with van der Waals surface area (Å²) in [7, 11) is 0. The van der Waals surface area contributed by atoms with Crippen LogP contribution in [0.25, 0.3) is 0 Å². The highest BCUT2D eigenvalue weighted by Gasteiger charge is 2.62. The normalized spacial score (nSPS) is 24.9. The standard InChI is InChI=1S/C22H29FN2O3/c1-16-9-13-24(14-10-16)19(26)15-25-21(27)20(22(25)11-3-2-4-12-22)28-18-7-5-17(23)6-8-18/h5-8,16,20H,2-4,9-15H2,1H3. The van der Waals surface area contributed by atoms with Crippen LogP contribution in [0, 0.1) is 11.7 Å². The van der Waals surface area contributed by atoms with E-state index < -0.39 is 11.6 Å². The molecule has 152 valence electrons. The summed E-state index contributed by atoms with van der Waals surface area (Å²) >= 11 is 0. The van der Waals surface area contributed by atoms with Gasteiger partial charge in [-0.05, 0) is 55.9 Å². The SMILES string of the molecule is CC1CCN(C(=O)CN2C(=O)C(Oc3ccc(F)cc3)C23CCCCC3)CC1. The van der Waals surface area contributed by atoms with E-state index in [9.17, 15) is 14.0 Å². The van der Waals surface area contributed by atoms with Gasteiger partial charge >= 0.3 is 0 Å². The first-order chi connectivity index (χ1) is 13.5. The van der Waals surface area contributed by atoms with Crippen LogP contribution in [0.2, 0.25) is 0 Å². The van der Waals surface area contributed by atoms with E-state index in [-0.39, 0.29) is 24.2 Å². The lowest BCUT2D eigenvalue weighted by molar-refractivity contribution is -0.189. The first-order valence-electron chi connectivity index (χ1n) is 10.5. The summed E-state index contributed by atoms with van der Waals surface area (Å²) in [4.78, 5) is 29.4. The van der Waals surface area contributed by atoms with Crippen LogP contribution in [0.4, 0.5) is 4.39 Å². The average molecular weight is 388 g/mol. The van der Waals surface area contributed by atoms with E-state index >= 15 is 0 Å². The second-order valence-corrected chi connectivity index (χ2v) is 8.60. The maximum Gasteiger partial charge on any atom is 0.267 e. The van der Waals surface area contributed by atoms with Crippen molar-refractivity contribution < 1.29 is 18.7 Å². The molecule has 1 aromatic carbocycles. The van der Waals surface area contributed by atoms with Gasteiger partial charge in [0.05, 0.1) is 5.54 Å². The van der Waals surface area contributed by atoms with E-state index in [2.05, 4.69) is 6.92 Å². The van der Waals surface area contributed by atoms with Gasteiger partial charge in [0.25, 0.3) is 5.91 Å². The van der Waals surface area contributed by atoms with Gasteiger partial charge in [0.15, 0.2) is 6.10 Å². The molecule has 1 aliphatic carbocycles. The molecule has 5 nitrogen and oxygen atoms in total. The van der Waals surface area contributed by atoms with Crippen molar-refractivity contribution in [3.8, 4) is 5.75 Å². The third-order valence-corrected chi connectivity index (χ3v) is 6.73. The molecule has 1 atom stereocenters. The number of ether oxygens (including phenoxy) is 1. The van der Waals surface area contributed by atoms with E-state index in [1.165, 1.54) is 12.1 Å². The molecule has 0 N–H and O–H groups in total. The van der Waals surface area contributed by atoms with E-state index in [1.54, 1.807) is 17.0 Å². The largest absolute Gasteiger partial charge is 0.478 e. The van der Waals surface area contributed by atoms with Crippen molar-refractivity contribution in [2.45, 2.75) is 63.5 Å². The summed E-state index contributed by atoms with van der Waals surface area (Å²) in [6.07, 6.45) is 6.40. The first kappa shape index (κ1) is 19.2. The molecule has 3 aliphatic rings. The summed E-state index contributed by atoms with van der Waals surface area (Å²) in [6.45, 7) is 3.93. The first-order valence-corrected chi connectivity index (χ1v) is 10.5. The van der Waals surface area contributed by atoms with Crippen molar-refractivity contribution in [3.05, 3.63) is 30.1 Å². The molecule has 2 amide bonds. The summed E-state index contributed by atoms with van der Waals surface area (Å²) in [6, 6.07) is 5.79. The number of carbonyl (C=O) groups excluding carboxylic acids is 2. The van der Waals surface area contributed by atoms with Gasteiger partial charge in [0, 0.05) is 13.1 Å². The van der Waals surface area contributed by atoms with Crippen LogP contribution in [0.3, 0.4) is 0 Å². The summed E-state index contributed by atoms with van der Waals surface area (Å²) in [5, 5.41) is 0. The molecule has 4 rings (SSSR count). The van der Waals surface area contributed by atoms with Crippen molar-refractivity contribution in [1.29, 1.82) is 0 Å². The minimum Gasteiger partial charge on any atom is -0.478 e. The quantitative estimate of drug-likeness (QED) is 0.743. The number of rotatable bonds is 4. The number of halogens is 1. The Kier molecular flexibility index (Phi) is 5.30. The molecule has 2 aliphatic heterocycles. The third kappa shape index (κ3) is 3.49. The van der Waals surface area contributed by atoms with Gasteiger partial charge in [-0.15, -0.1) is 0 Å². The van der Waals surface area contributed by atoms with Crippen LogP contribution < -0.4 is 4.74 Å². The number of piperidine rings is 1.